The van der Waals surface area contributed by atoms with Gasteiger partial charge in [-0.15, -0.1) is 0 Å². The Kier molecular flexibility index (Phi) is 4.42. The average molecular weight is 409 g/mol. The lowest BCUT2D eigenvalue weighted by molar-refractivity contribution is 0.0949. The zero-order valence-corrected chi connectivity index (χ0v) is 15.8. The van der Waals surface area contributed by atoms with Gasteiger partial charge in [0, 0.05) is 15.6 Å². The van der Waals surface area contributed by atoms with Crippen LogP contribution in [-0.2, 0) is 12.8 Å². The number of hydrazone groups is 1. The van der Waals surface area contributed by atoms with Crippen LogP contribution >= 0.6 is 15.9 Å². The van der Waals surface area contributed by atoms with Crippen LogP contribution in [0.4, 0.5) is 0 Å². The molecule has 3 aromatic rings. The van der Waals surface area contributed by atoms with E-state index in [2.05, 4.69) is 42.7 Å². The second kappa shape index (κ2) is 6.88. The van der Waals surface area contributed by atoms with E-state index in [1.54, 1.807) is 0 Å². The zero-order chi connectivity index (χ0) is 18.1. The standard InChI is InChI=1S/C20H17BrN4O/c1-12(13-6-9-15(21)10-7-13)22-25-20(26)19-17-11-8-14-4-2-3-5-16(14)18(17)23-24-19/h2-7,9-10H,8,11H2,1H3,(H,23,24)(H,25,26)/b22-12+. The number of carbonyl (C=O) groups is 1. The van der Waals surface area contributed by atoms with E-state index in [9.17, 15) is 4.79 Å². The van der Waals surface area contributed by atoms with Gasteiger partial charge in [0.15, 0.2) is 0 Å². The third kappa shape index (κ3) is 3.08. The van der Waals surface area contributed by atoms with Crippen LogP contribution < -0.4 is 5.43 Å². The molecule has 0 fully saturated rings. The van der Waals surface area contributed by atoms with Gasteiger partial charge in [0.25, 0.3) is 5.91 Å². The van der Waals surface area contributed by atoms with Crippen molar-refractivity contribution >= 4 is 27.5 Å². The molecule has 0 bridgehead atoms. The van der Waals surface area contributed by atoms with Crippen LogP contribution in [0.5, 0.6) is 0 Å². The molecular weight excluding hydrogens is 392 g/mol. The first-order valence-electron chi connectivity index (χ1n) is 8.39. The molecule has 0 saturated heterocycles. The van der Waals surface area contributed by atoms with Crippen molar-refractivity contribution < 1.29 is 4.79 Å². The van der Waals surface area contributed by atoms with E-state index in [1.807, 2.05) is 49.4 Å². The van der Waals surface area contributed by atoms with Crippen molar-refractivity contribution in [1.29, 1.82) is 0 Å². The number of amides is 1. The molecule has 1 amide bonds. The number of aromatic nitrogens is 2. The Morgan fingerprint density at radius 2 is 1.92 bits per heavy atom. The molecule has 1 heterocycles. The Hall–Kier alpha value is -2.73. The van der Waals surface area contributed by atoms with Gasteiger partial charge in [-0.25, -0.2) is 5.43 Å². The molecule has 1 aliphatic carbocycles. The Labute approximate surface area is 159 Å². The van der Waals surface area contributed by atoms with Crippen molar-refractivity contribution in [1.82, 2.24) is 15.6 Å². The van der Waals surface area contributed by atoms with Gasteiger partial charge in [0.05, 0.1) is 11.4 Å². The topological polar surface area (TPSA) is 70.1 Å². The summed E-state index contributed by atoms with van der Waals surface area (Å²) in [6.45, 7) is 1.86. The summed E-state index contributed by atoms with van der Waals surface area (Å²) in [5.74, 6) is -0.269. The van der Waals surface area contributed by atoms with Gasteiger partial charge in [0.1, 0.15) is 5.69 Å². The van der Waals surface area contributed by atoms with E-state index in [4.69, 9.17) is 0 Å². The smallest absolute Gasteiger partial charge is 0.272 e. The molecule has 1 aromatic heterocycles. The number of aryl methyl sites for hydroxylation is 1. The highest BCUT2D eigenvalue weighted by atomic mass is 79.9. The normalized spacial score (nSPS) is 13.1. The Morgan fingerprint density at radius 3 is 2.73 bits per heavy atom. The lowest BCUT2D eigenvalue weighted by atomic mass is 9.89. The molecule has 0 aliphatic heterocycles. The highest BCUT2D eigenvalue weighted by molar-refractivity contribution is 9.10. The number of hydrogen-bond acceptors (Lipinski definition) is 3. The summed E-state index contributed by atoms with van der Waals surface area (Å²) < 4.78 is 1.00. The first-order chi connectivity index (χ1) is 12.6. The largest absolute Gasteiger partial charge is 0.289 e. The van der Waals surface area contributed by atoms with Crippen molar-refractivity contribution in [2.75, 3.05) is 0 Å². The van der Waals surface area contributed by atoms with Crippen LogP contribution in [0.3, 0.4) is 0 Å². The van der Waals surface area contributed by atoms with Gasteiger partial charge in [-0.05, 0) is 43.0 Å². The van der Waals surface area contributed by atoms with Crippen LogP contribution in [0.1, 0.15) is 34.1 Å². The molecular formula is C20H17BrN4O. The maximum Gasteiger partial charge on any atom is 0.289 e. The first-order valence-corrected chi connectivity index (χ1v) is 9.19. The fourth-order valence-corrected chi connectivity index (χ4v) is 3.46. The molecule has 0 unspecified atom stereocenters. The summed E-state index contributed by atoms with van der Waals surface area (Å²) >= 11 is 3.41. The van der Waals surface area contributed by atoms with Gasteiger partial charge >= 0.3 is 0 Å². The molecule has 2 N–H and O–H groups in total. The third-order valence-corrected chi connectivity index (χ3v) is 5.13. The summed E-state index contributed by atoms with van der Waals surface area (Å²) in [5, 5.41) is 11.5. The Balaban J connectivity index is 1.56. The second-order valence-corrected chi connectivity index (χ2v) is 7.14. The summed E-state index contributed by atoms with van der Waals surface area (Å²) in [4.78, 5) is 12.6. The van der Waals surface area contributed by atoms with Crippen molar-refractivity contribution in [2.45, 2.75) is 19.8 Å². The number of aromatic amines is 1. The minimum Gasteiger partial charge on any atom is -0.272 e. The first kappa shape index (κ1) is 16.7. The van der Waals surface area contributed by atoms with E-state index >= 15 is 0 Å². The van der Waals surface area contributed by atoms with Gasteiger partial charge in [-0.1, -0.05) is 52.3 Å². The number of hydrogen-bond donors (Lipinski definition) is 2. The number of fused-ring (bicyclic) bond motifs is 3. The van der Waals surface area contributed by atoms with E-state index in [0.717, 1.165) is 45.4 Å². The van der Waals surface area contributed by atoms with Gasteiger partial charge < -0.3 is 0 Å². The van der Waals surface area contributed by atoms with E-state index < -0.39 is 0 Å². The number of nitrogens with one attached hydrogen (secondary N) is 2. The molecule has 5 nitrogen and oxygen atoms in total. The van der Waals surface area contributed by atoms with Crippen LogP contribution in [0.15, 0.2) is 58.1 Å². The molecule has 0 atom stereocenters. The van der Waals surface area contributed by atoms with Crippen LogP contribution in [0, 0.1) is 0 Å². The number of rotatable bonds is 3. The zero-order valence-electron chi connectivity index (χ0n) is 14.2. The van der Waals surface area contributed by atoms with Crippen molar-refractivity contribution in [3.8, 4) is 11.3 Å². The number of carbonyl (C=O) groups excluding carboxylic acids is 1. The Morgan fingerprint density at radius 1 is 1.15 bits per heavy atom. The predicted octanol–water partition coefficient (Wildman–Crippen LogP) is 4.09. The number of nitrogens with zero attached hydrogens (tertiary/aromatic N) is 2. The Bertz CT molecular complexity index is 1000. The number of benzene rings is 2. The summed E-state index contributed by atoms with van der Waals surface area (Å²) in [6, 6.07) is 16.0. The van der Waals surface area contributed by atoms with Gasteiger partial charge in [0.2, 0.25) is 0 Å². The molecule has 0 saturated carbocycles. The minimum atomic E-state index is -0.269. The predicted molar refractivity (Wildman–Crippen MR) is 105 cm³/mol. The van der Waals surface area contributed by atoms with Gasteiger partial charge in [-0.2, -0.15) is 10.2 Å². The molecule has 0 radical (unpaired) electrons. The fourth-order valence-electron chi connectivity index (χ4n) is 3.19. The monoisotopic (exact) mass is 408 g/mol. The maximum atomic E-state index is 12.6. The SMILES string of the molecule is C/C(=N\NC(=O)c1[nH]nc2c1CCc1ccccc1-2)c1ccc(Br)cc1. The average Bonchev–Trinajstić information content (AvgIpc) is 3.11. The van der Waals surface area contributed by atoms with Crippen LogP contribution in [-0.4, -0.2) is 21.8 Å². The molecule has 6 heteroatoms. The summed E-state index contributed by atoms with van der Waals surface area (Å²) in [5.41, 5.74) is 9.00. The fraction of sp³-hybridized carbons (Fsp3) is 0.150. The minimum absolute atomic E-state index is 0.269. The molecule has 2 aromatic carbocycles. The molecule has 130 valence electrons. The lowest BCUT2D eigenvalue weighted by Crippen LogP contribution is -2.21. The van der Waals surface area contributed by atoms with Gasteiger partial charge in [-0.3, -0.25) is 9.89 Å². The van der Waals surface area contributed by atoms with E-state index in [0.29, 0.717) is 5.69 Å². The van der Waals surface area contributed by atoms with E-state index in [-0.39, 0.29) is 5.91 Å². The highest BCUT2D eigenvalue weighted by Gasteiger charge is 2.24. The summed E-state index contributed by atoms with van der Waals surface area (Å²) in [7, 11) is 0. The maximum absolute atomic E-state index is 12.6. The quantitative estimate of drug-likeness (QED) is 0.505. The lowest BCUT2D eigenvalue weighted by Gasteiger charge is -2.15. The second-order valence-electron chi connectivity index (χ2n) is 6.23. The number of H-pyrrole nitrogens is 1. The van der Waals surface area contributed by atoms with Crippen LogP contribution in [0.25, 0.3) is 11.3 Å². The van der Waals surface area contributed by atoms with Crippen molar-refractivity contribution in [3.05, 3.63) is 75.4 Å². The van der Waals surface area contributed by atoms with Crippen LogP contribution in [0.2, 0.25) is 0 Å². The molecule has 0 spiro atoms. The van der Waals surface area contributed by atoms with Crippen molar-refractivity contribution in [3.63, 3.8) is 0 Å². The van der Waals surface area contributed by atoms with Crippen molar-refractivity contribution in [2.24, 2.45) is 5.10 Å². The molecule has 4 rings (SSSR count). The summed E-state index contributed by atoms with van der Waals surface area (Å²) in [6.07, 6.45) is 1.70. The highest BCUT2D eigenvalue weighted by Crippen LogP contribution is 2.33. The number of halogens is 1. The van der Waals surface area contributed by atoms with E-state index in [1.165, 1.54) is 5.56 Å². The molecule has 26 heavy (non-hydrogen) atoms. The molecule has 1 aliphatic rings. The third-order valence-electron chi connectivity index (χ3n) is 4.60.